The predicted molar refractivity (Wildman–Crippen MR) is 49.2 cm³/mol. The van der Waals surface area contributed by atoms with Crippen LogP contribution in [0.1, 0.15) is 26.7 Å². The third-order valence-electron chi connectivity index (χ3n) is 2.14. The molecule has 5 heteroatoms. The van der Waals surface area contributed by atoms with E-state index < -0.39 is 12.6 Å². The number of likely N-dealkylation sites (N-methyl/N-ethyl adjacent to an activating group) is 1. The average molecular weight is 213 g/mol. The van der Waals surface area contributed by atoms with Crippen molar-refractivity contribution in [2.75, 3.05) is 13.7 Å². The minimum atomic E-state index is -4.12. The lowest BCUT2D eigenvalue weighted by molar-refractivity contribution is -0.149. The quantitative estimate of drug-likeness (QED) is 0.731. The van der Waals surface area contributed by atoms with Crippen molar-refractivity contribution in [2.24, 2.45) is 0 Å². The standard InChI is InChI=1S/C9H18F3NO/c1-4-8(13-3)7(2)14-6-5-9(10,11)12/h7-8,13H,4-6H2,1-3H3. The number of nitrogens with one attached hydrogen (secondary N) is 1. The first-order chi connectivity index (χ1) is 6.40. The minimum absolute atomic E-state index is 0.114. The number of hydrogen-bond donors (Lipinski definition) is 1. The van der Waals surface area contributed by atoms with Crippen LogP contribution in [0.25, 0.3) is 0 Å². The van der Waals surface area contributed by atoms with Gasteiger partial charge in [0.2, 0.25) is 0 Å². The highest BCUT2D eigenvalue weighted by atomic mass is 19.4. The molecule has 14 heavy (non-hydrogen) atoms. The van der Waals surface area contributed by atoms with Gasteiger partial charge in [-0.05, 0) is 20.4 Å². The first-order valence-corrected chi connectivity index (χ1v) is 4.76. The van der Waals surface area contributed by atoms with Gasteiger partial charge in [-0.25, -0.2) is 0 Å². The van der Waals surface area contributed by atoms with E-state index in [0.717, 1.165) is 6.42 Å². The molecule has 0 rings (SSSR count). The zero-order valence-electron chi connectivity index (χ0n) is 8.82. The Morgan fingerprint density at radius 1 is 1.36 bits per heavy atom. The van der Waals surface area contributed by atoms with E-state index in [0.29, 0.717) is 0 Å². The first-order valence-electron chi connectivity index (χ1n) is 4.76. The molecule has 0 radical (unpaired) electrons. The maximum Gasteiger partial charge on any atom is 0.391 e. The summed E-state index contributed by atoms with van der Waals surface area (Å²) in [5, 5.41) is 2.99. The summed E-state index contributed by atoms with van der Waals surface area (Å²) < 4.78 is 40.4. The van der Waals surface area contributed by atoms with Gasteiger partial charge in [0.25, 0.3) is 0 Å². The van der Waals surface area contributed by atoms with Gasteiger partial charge >= 0.3 is 6.18 Å². The Bertz CT molecular complexity index is 145. The maximum absolute atomic E-state index is 11.8. The summed E-state index contributed by atoms with van der Waals surface area (Å²) in [6.45, 7) is 3.48. The number of ether oxygens (including phenoxy) is 1. The molecule has 2 atom stereocenters. The van der Waals surface area contributed by atoms with E-state index in [1.54, 1.807) is 14.0 Å². The van der Waals surface area contributed by atoms with E-state index in [1.807, 2.05) is 6.92 Å². The molecule has 0 heterocycles. The van der Waals surface area contributed by atoms with Crippen LogP contribution < -0.4 is 5.32 Å². The molecule has 0 amide bonds. The second kappa shape index (κ2) is 6.24. The minimum Gasteiger partial charge on any atom is -0.377 e. The van der Waals surface area contributed by atoms with E-state index in [2.05, 4.69) is 5.32 Å². The average Bonchev–Trinajstić information content (AvgIpc) is 2.04. The van der Waals surface area contributed by atoms with Crippen LogP contribution >= 0.6 is 0 Å². The van der Waals surface area contributed by atoms with Gasteiger partial charge in [-0.3, -0.25) is 0 Å². The van der Waals surface area contributed by atoms with Crippen LogP contribution in [-0.2, 0) is 4.74 Å². The SMILES string of the molecule is CCC(NC)C(C)OCCC(F)(F)F. The monoisotopic (exact) mass is 213 g/mol. The summed E-state index contributed by atoms with van der Waals surface area (Å²) in [6.07, 6.45) is -4.35. The lowest BCUT2D eigenvalue weighted by Gasteiger charge is -2.22. The fraction of sp³-hybridized carbons (Fsp3) is 1.00. The molecule has 0 aromatic carbocycles. The molecule has 86 valence electrons. The van der Waals surface area contributed by atoms with Crippen LogP contribution in [-0.4, -0.2) is 32.0 Å². The molecule has 2 unspecified atom stereocenters. The van der Waals surface area contributed by atoms with Crippen LogP contribution in [0.5, 0.6) is 0 Å². The molecule has 1 N–H and O–H groups in total. The zero-order valence-corrected chi connectivity index (χ0v) is 8.82. The summed E-state index contributed by atoms with van der Waals surface area (Å²) in [5.41, 5.74) is 0. The Labute approximate surface area is 82.8 Å². The van der Waals surface area contributed by atoms with Crippen LogP contribution in [0.15, 0.2) is 0 Å². The van der Waals surface area contributed by atoms with Gasteiger partial charge in [-0.15, -0.1) is 0 Å². The largest absolute Gasteiger partial charge is 0.391 e. The fourth-order valence-electron chi connectivity index (χ4n) is 1.25. The van der Waals surface area contributed by atoms with Crippen molar-refractivity contribution in [3.63, 3.8) is 0 Å². The number of rotatable bonds is 6. The molecule has 0 fully saturated rings. The Balaban J connectivity index is 3.67. The van der Waals surface area contributed by atoms with E-state index in [1.165, 1.54) is 0 Å². The summed E-state index contributed by atoms with van der Waals surface area (Å²) >= 11 is 0. The number of hydrogen-bond acceptors (Lipinski definition) is 2. The van der Waals surface area contributed by atoms with Crippen molar-refractivity contribution in [3.8, 4) is 0 Å². The van der Waals surface area contributed by atoms with Crippen molar-refractivity contribution < 1.29 is 17.9 Å². The molecule has 0 aromatic heterocycles. The Morgan fingerprint density at radius 2 is 1.93 bits per heavy atom. The van der Waals surface area contributed by atoms with Gasteiger partial charge < -0.3 is 10.1 Å². The second-order valence-electron chi connectivity index (χ2n) is 3.24. The Morgan fingerprint density at radius 3 is 2.29 bits per heavy atom. The van der Waals surface area contributed by atoms with Gasteiger partial charge in [-0.2, -0.15) is 13.2 Å². The summed E-state index contributed by atoms with van der Waals surface area (Å²) in [7, 11) is 1.78. The molecule has 0 spiro atoms. The lowest BCUT2D eigenvalue weighted by atomic mass is 10.1. The van der Waals surface area contributed by atoms with Crippen LogP contribution in [0, 0.1) is 0 Å². The van der Waals surface area contributed by atoms with Crippen molar-refractivity contribution in [2.45, 2.75) is 45.0 Å². The van der Waals surface area contributed by atoms with Gasteiger partial charge in [-0.1, -0.05) is 6.92 Å². The van der Waals surface area contributed by atoms with Crippen LogP contribution in [0.4, 0.5) is 13.2 Å². The molecular weight excluding hydrogens is 195 g/mol. The van der Waals surface area contributed by atoms with Crippen LogP contribution in [0.2, 0.25) is 0 Å². The highest BCUT2D eigenvalue weighted by Crippen LogP contribution is 2.19. The highest BCUT2D eigenvalue weighted by molar-refractivity contribution is 4.69. The normalized spacial score (nSPS) is 16.7. The first kappa shape index (κ1) is 13.7. The van der Waals surface area contributed by atoms with Gasteiger partial charge in [0.15, 0.2) is 0 Å². The van der Waals surface area contributed by atoms with Crippen molar-refractivity contribution in [1.29, 1.82) is 0 Å². The van der Waals surface area contributed by atoms with Gasteiger partial charge in [0.1, 0.15) is 0 Å². The molecule has 0 saturated carbocycles. The third-order valence-corrected chi connectivity index (χ3v) is 2.14. The fourth-order valence-corrected chi connectivity index (χ4v) is 1.25. The molecule has 2 nitrogen and oxygen atoms in total. The van der Waals surface area contributed by atoms with Gasteiger partial charge in [0.05, 0.1) is 19.1 Å². The van der Waals surface area contributed by atoms with E-state index >= 15 is 0 Å². The summed E-state index contributed by atoms with van der Waals surface area (Å²) in [5.74, 6) is 0. The molecule has 0 bridgehead atoms. The summed E-state index contributed by atoms with van der Waals surface area (Å²) in [4.78, 5) is 0. The molecule has 0 aromatic rings. The third kappa shape index (κ3) is 6.21. The number of alkyl halides is 3. The molecule has 0 aliphatic heterocycles. The molecular formula is C9H18F3NO. The predicted octanol–water partition coefficient (Wildman–Crippen LogP) is 2.34. The smallest absolute Gasteiger partial charge is 0.377 e. The Hall–Kier alpha value is -0.290. The molecule has 0 saturated heterocycles. The van der Waals surface area contributed by atoms with Crippen molar-refractivity contribution in [1.82, 2.24) is 5.32 Å². The topological polar surface area (TPSA) is 21.3 Å². The molecule has 0 aliphatic rings. The summed E-state index contributed by atoms with van der Waals surface area (Å²) in [6, 6.07) is 0.114. The highest BCUT2D eigenvalue weighted by Gasteiger charge is 2.27. The van der Waals surface area contributed by atoms with E-state index in [9.17, 15) is 13.2 Å². The maximum atomic E-state index is 11.8. The Kier molecular flexibility index (Phi) is 6.11. The lowest BCUT2D eigenvalue weighted by Crippen LogP contribution is -2.37. The zero-order chi connectivity index (χ0) is 11.2. The second-order valence-corrected chi connectivity index (χ2v) is 3.24. The molecule has 0 aliphatic carbocycles. The number of halogens is 3. The van der Waals surface area contributed by atoms with E-state index in [-0.39, 0.29) is 18.8 Å². The van der Waals surface area contributed by atoms with Gasteiger partial charge in [0, 0.05) is 6.04 Å². The van der Waals surface area contributed by atoms with Crippen LogP contribution in [0.3, 0.4) is 0 Å². The van der Waals surface area contributed by atoms with Crippen molar-refractivity contribution in [3.05, 3.63) is 0 Å². The van der Waals surface area contributed by atoms with Crippen molar-refractivity contribution >= 4 is 0 Å². The van der Waals surface area contributed by atoms with E-state index in [4.69, 9.17) is 4.74 Å².